The fourth-order valence-electron chi connectivity index (χ4n) is 3.93. The Morgan fingerprint density at radius 3 is 2.79 bits per heavy atom. The maximum Gasteiger partial charge on any atom is 0.335 e. The number of aromatic amines is 1. The summed E-state index contributed by atoms with van der Waals surface area (Å²) < 4.78 is 0. The molecule has 0 amide bonds. The third-order valence-electron chi connectivity index (χ3n) is 5.34. The summed E-state index contributed by atoms with van der Waals surface area (Å²) in [6.45, 7) is 4.88. The zero-order valence-electron chi connectivity index (χ0n) is 16.5. The number of hydrogen-bond donors (Lipinski definition) is 2. The Kier molecular flexibility index (Phi) is 5.67. The molecular weight excluding hydrogens is 366 g/mol. The van der Waals surface area contributed by atoms with E-state index in [1.807, 2.05) is 25.3 Å². The van der Waals surface area contributed by atoms with E-state index in [0.717, 1.165) is 60.9 Å². The largest absolute Gasteiger partial charge is 0.478 e. The second kappa shape index (κ2) is 8.53. The molecule has 0 radical (unpaired) electrons. The predicted octanol–water partition coefficient (Wildman–Crippen LogP) is 3.33. The van der Waals surface area contributed by atoms with Crippen molar-refractivity contribution in [3.05, 3.63) is 65.4 Å². The van der Waals surface area contributed by atoms with Gasteiger partial charge in [-0.05, 0) is 56.3 Å². The Morgan fingerprint density at radius 2 is 2.07 bits per heavy atom. The molecule has 1 saturated heterocycles. The van der Waals surface area contributed by atoms with Crippen LogP contribution in [0.5, 0.6) is 0 Å². The average molecular weight is 391 g/mol. The van der Waals surface area contributed by atoms with E-state index in [1.54, 1.807) is 24.5 Å². The Bertz CT molecular complexity index is 983. The van der Waals surface area contributed by atoms with Crippen molar-refractivity contribution in [1.29, 1.82) is 0 Å². The number of aromatic nitrogens is 4. The van der Waals surface area contributed by atoms with Crippen molar-refractivity contribution in [3.63, 3.8) is 0 Å². The van der Waals surface area contributed by atoms with E-state index in [4.69, 9.17) is 10.1 Å². The molecule has 29 heavy (non-hydrogen) atoms. The fraction of sp³-hybridized carbons (Fsp3) is 0.364. The van der Waals surface area contributed by atoms with Crippen molar-refractivity contribution in [2.24, 2.45) is 5.92 Å². The van der Waals surface area contributed by atoms with Crippen molar-refractivity contribution in [1.82, 2.24) is 24.8 Å². The molecule has 1 aromatic carbocycles. The molecule has 4 rings (SSSR count). The van der Waals surface area contributed by atoms with Crippen LogP contribution in [-0.2, 0) is 13.0 Å². The van der Waals surface area contributed by atoms with Crippen molar-refractivity contribution in [3.8, 4) is 11.5 Å². The van der Waals surface area contributed by atoms with Crippen LogP contribution in [-0.4, -0.2) is 49.0 Å². The highest BCUT2D eigenvalue weighted by Gasteiger charge is 2.21. The lowest BCUT2D eigenvalue weighted by atomic mass is 9.93. The molecular formula is C22H25N5O2. The minimum absolute atomic E-state index is 0.329. The first-order chi connectivity index (χ1) is 14.1. The Morgan fingerprint density at radius 1 is 1.24 bits per heavy atom. The number of aromatic carboxylic acids is 1. The Balaban J connectivity index is 1.38. The van der Waals surface area contributed by atoms with Crippen LogP contribution in [0.25, 0.3) is 11.5 Å². The summed E-state index contributed by atoms with van der Waals surface area (Å²) in [6.07, 6.45) is 8.63. The van der Waals surface area contributed by atoms with Crippen LogP contribution in [0.2, 0.25) is 0 Å². The van der Waals surface area contributed by atoms with Crippen LogP contribution < -0.4 is 0 Å². The molecule has 1 fully saturated rings. The van der Waals surface area contributed by atoms with Crippen molar-refractivity contribution >= 4 is 5.97 Å². The molecule has 0 spiro atoms. The van der Waals surface area contributed by atoms with Crippen LogP contribution in [0.3, 0.4) is 0 Å². The van der Waals surface area contributed by atoms with Gasteiger partial charge in [0.1, 0.15) is 5.69 Å². The summed E-state index contributed by atoms with van der Waals surface area (Å²) in [5.41, 5.74) is 4.25. The van der Waals surface area contributed by atoms with Crippen LogP contribution in [0.1, 0.15) is 40.2 Å². The number of carboxylic acid groups (broad SMARTS) is 1. The number of benzene rings is 1. The summed E-state index contributed by atoms with van der Waals surface area (Å²) in [4.78, 5) is 30.1. The Labute approximate surface area is 169 Å². The van der Waals surface area contributed by atoms with Gasteiger partial charge in [-0.1, -0.05) is 12.1 Å². The standard InChI is InChI=1S/C22H25N5O2/c1-15-10-24-21(25-15)20-12-23-11-19(26-20)9-17-3-2-8-27(14-17)13-16-4-6-18(7-5-16)22(28)29/h4-7,10-12,17H,2-3,8-9,13-14H2,1H3,(H,24,25)(H,28,29). The monoisotopic (exact) mass is 391 g/mol. The topological polar surface area (TPSA) is 95.0 Å². The zero-order valence-corrected chi connectivity index (χ0v) is 16.5. The number of nitrogens with zero attached hydrogens (tertiary/aromatic N) is 4. The fourth-order valence-corrected chi connectivity index (χ4v) is 3.93. The number of carbonyl (C=O) groups is 1. The summed E-state index contributed by atoms with van der Waals surface area (Å²) in [5.74, 6) is 0.402. The lowest BCUT2D eigenvalue weighted by Gasteiger charge is -2.32. The Hall–Kier alpha value is -3.06. The lowest BCUT2D eigenvalue weighted by Crippen LogP contribution is -2.35. The minimum atomic E-state index is -0.886. The molecule has 1 atom stereocenters. The number of hydrogen-bond acceptors (Lipinski definition) is 5. The molecule has 0 saturated carbocycles. The van der Waals surface area contributed by atoms with Gasteiger partial charge >= 0.3 is 5.97 Å². The van der Waals surface area contributed by atoms with Gasteiger partial charge in [-0.25, -0.2) is 14.8 Å². The molecule has 2 aromatic heterocycles. The van der Waals surface area contributed by atoms with Crippen molar-refractivity contribution in [2.75, 3.05) is 13.1 Å². The SMILES string of the molecule is Cc1cnc(-c2cncc(CC3CCCN(Cc4ccc(C(=O)O)cc4)C3)n2)[nH]1. The number of H-pyrrole nitrogens is 1. The molecule has 150 valence electrons. The van der Waals surface area contributed by atoms with Crippen LogP contribution in [0.15, 0.2) is 42.9 Å². The smallest absolute Gasteiger partial charge is 0.335 e. The van der Waals surface area contributed by atoms with E-state index in [0.29, 0.717) is 11.5 Å². The van der Waals surface area contributed by atoms with E-state index in [1.165, 1.54) is 6.42 Å². The molecule has 3 heterocycles. The van der Waals surface area contributed by atoms with E-state index in [2.05, 4.69) is 19.9 Å². The molecule has 7 nitrogen and oxygen atoms in total. The van der Waals surface area contributed by atoms with Gasteiger partial charge in [0.2, 0.25) is 0 Å². The molecule has 1 aliphatic heterocycles. The average Bonchev–Trinajstić information content (AvgIpc) is 3.15. The van der Waals surface area contributed by atoms with Gasteiger partial charge in [0.25, 0.3) is 0 Å². The summed E-state index contributed by atoms with van der Waals surface area (Å²) in [6, 6.07) is 7.17. The maximum absolute atomic E-state index is 11.0. The molecule has 0 aliphatic carbocycles. The summed E-state index contributed by atoms with van der Waals surface area (Å²) in [7, 11) is 0. The highest BCUT2D eigenvalue weighted by molar-refractivity contribution is 5.87. The molecule has 1 unspecified atom stereocenters. The lowest BCUT2D eigenvalue weighted by molar-refractivity contribution is 0.0697. The number of aryl methyl sites for hydroxylation is 1. The van der Waals surface area contributed by atoms with Crippen molar-refractivity contribution in [2.45, 2.75) is 32.7 Å². The van der Waals surface area contributed by atoms with Crippen molar-refractivity contribution < 1.29 is 9.90 Å². The van der Waals surface area contributed by atoms with Gasteiger partial charge < -0.3 is 10.1 Å². The second-order valence-corrected chi connectivity index (χ2v) is 7.76. The van der Waals surface area contributed by atoms with E-state index < -0.39 is 5.97 Å². The predicted molar refractivity (Wildman–Crippen MR) is 109 cm³/mol. The van der Waals surface area contributed by atoms with Gasteiger partial charge in [-0.15, -0.1) is 0 Å². The maximum atomic E-state index is 11.0. The minimum Gasteiger partial charge on any atom is -0.478 e. The van der Waals surface area contributed by atoms with Gasteiger partial charge in [0, 0.05) is 31.2 Å². The first-order valence-electron chi connectivity index (χ1n) is 9.94. The molecule has 2 N–H and O–H groups in total. The molecule has 0 bridgehead atoms. The summed E-state index contributed by atoms with van der Waals surface area (Å²) >= 11 is 0. The highest BCUT2D eigenvalue weighted by Crippen LogP contribution is 2.22. The number of carboxylic acids is 1. The van der Waals surface area contributed by atoms with E-state index in [9.17, 15) is 4.79 Å². The second-order valence-electron chi connectivity index (χ2n) is 7.76. The van der Waals surface area contributed by atoms with Gasteiger partial charge in [-0.3, -0.25) is 9.88 Å². The van der Waals surface area contributed by atoms with Crippen LogP contribution in [0.4, 0.5) is 0 Å². The number of rotatable bonds is 6. The first kappa shape index (κ1) is 19.3. The number of piperidine rings is 1. The highest BCUT2D eigenvalue weighted by atomic mass is 16.4. The quantitative estimate of drug-likeness (QED) is 0.669. The number of likely N-dealkylation sites (tertiary alicyclic amines) is 1. The third-order valence-corrected chi connectivity index (χ3v) is 5.34. The van der Waals surface area contributed by atoms with Crippen LogP contribution >= 0.6 is 0 Å². The van der Waals surface area contributed by atoms with Gasteiger partial charge in [-0.2, -0.15) is 0 Å². The molecule has 7 heteroatoms. The normalized spacial score (nSPS) is 17.3. The van der Waals surface area contributed by atoms with Crippen LogP contribution in [0, 0.1) is 12.8 Å². The van der Waals surface area contributed by atoms with Gasteiger partial charge in [0.15, 0.2) is 5.82 Å². The third kappa shape index (κ3) is 4.86. The first-order valence-corrected chi connectivity index (χ1v) is 9.94. The zero-order chi connectivity index (χ0) is 20.2. The van der Waals surface area contributed by atoms with Gasteiger partial charge in [0.05, 0.1) is 17.5 Å². The summed E-state index contributed by atoms with van der Waals surface area (Å²) in [5, 5.41) is 9.04. The van der Waals surface area contributed by atoms with E-state index >= 15 is 0 Å². The molecule has 3 aromatic rings. The van der Waals surface area contributed by atoms with E-state index in [-0.39, 0.29) is 0 Å². The molecule has 1 aliphatic rings. The number of nitrogens with one attached hydrogen (secondary N) is 1. The number of imidazole rings is 1.